The monoisotopic (exact) mass is 316 g/mol. The van der Waals surface area contributed by atoms with Gasteiger partial charge in [0.2, 0.25) is 0 Å². The third-order valence-electron chi connectivity index (χ3n) is 0.289. The predicted octanol–water partition coefficient (Wildman–Crippen LogP) is 1.04. The summed E-state index contributed by atoms with van der Waals surface area (Å²) in [6.07, 6.45) is 0. The quantitative estimate of drug-likeness (QED) is 0.656. The number of rotatable bonds is 1. The standard InChI is InChI=1S/C2H8OSi.3BrH/c1-2-3-4;;;/h2H2,1,4H3;3*1H. The first-order valence-electron chi connectivity index (χ1n) is 1.40. The van der Waals surface area contributed by atoms with Gasteiger partial charge in [-0.15, -0.1) is 50.9 Å². The van der Waals surface area contributed by atoms with E-state index in [1.807, 2.05) is 6.92 Å². The van der Waals surface area contributed by atoms with Crippen LogP contribution in [0.15, 0.2) is 0 Å². The van der Waals surface area contributed by atoms with Gasteiger partial charge in [0.1, 0.15) is 10.5 Å². The zero-order valence-electron chi connectivity index (χ0n) is 4.34. The Bertz CT molecular complexity index is 14.9. The maximum absolute atomic E-state index is 4.68. The molecule has 0 aromatic carbocycles. The molecule has 0 heterocycles. The first-order valence-corrected chi connectivity index (χ1v) is 2.22. The zero-order valence-corrected chi connectivity index (χ0v) is 11.5. The molecule has 0 aliphatic heterocycles. The van der Waals surface area contributed by atoms with Crippen molar-refractivity contribution in [1.29, 1.82) is 0 Å². The van der Waals surface area contributed by atoms with Crippen molar-refractivity contribution >= 4 is 61.4 Å². The van der Waals surface area contributed by atoms with Crippen LogP contribution in [0, 0.1) is 0 Å². The van der Waals surface area contributed by atoms with E-state index in [1.165, 1.54) is 0 Å². The smallest absolute Gasteiger partial charge is 0.145 e. The van der Waals surface area contributed by atoms with Crippen LogP contribution in [-0.4, -0.2) is 17.1 Å². The van der Waals surface area contributed by atoms with Crippen molar-refractivity contribution in [2.45, 2.75) is 6.92 Å². The van der Waals surface area contributed by atoms with Crippen LogP contribution < -0.4 is 0 Å². The molecule has 5 heteroatoms. The Balaban J connectivity index is -0.0000000150. The molecule has 0 spiro atoms. The minimum atomic E-state index is 0. The predicted molar refractivity (Wildman–Crippen MR) is 52.5 cm³/mol. The molecule has 0 N–H and O–H groups in total. The Kier molecular flexibility index (Phi) is 85.4. The third kappa shape index (κ3) is 35.1. The highest BCUT2D eigenvalue weighted by Gasteiger charge is 1.51. The van der Waals surface area contributed by atoms with Crippen LogP contribution in [0.4, 0.5) is 0 Å². The highest BCUT2D eigenvalue weighted by atomic mass is 79.9. The molecule has 0 saturated heterocycles. The molecule has 0 aliphatic carbocycles. The van der Waals surface area contributed by atoms with Crippen molar-refractivity contribution in [3.8, 4) is 0 Å². The summed E-state index contributed by atoms with van der Waals surface area (Å²) in [5.41, 5.74) is 0. The highest BCUT2D eigenvalue weighted by Crippen LogP contribution is 1.50. The maximum Gasteiger partial charge on any atom is 0.145 e. The molecule has 0 saturated carbocycles. The fourth-order valence-electron chi connectivity index (χ4n) is 0. The Hall–Kier alpha value is 1.62. The lowest BCUT2D eigenvalue weighted by Crippen LogP contribution is -1.76. The van der Waals surface area contributed by atoms with Crippen molar-refractivity contribution in [3.63, 3.8) is 0 Å². The van der Waals surface area contributed by atoms with Gasteiger partial charge in [-0.1, -0.05) is 0 Å². The van der Waals surface area contributed by atoms with Gasteiger partial charge in [-0.25, -0.2) is 0 Å². The molecular weight excluding hydrogens is 308 g/mol. The zero-order chi connectivity index (χ0) is 3.41. The molecule has 0 atom stereocenters. The Morgan fingerprint density at radius 2 is 1.43 bits per heavy atom. The van der Waals surface area contributed by atoms with E-state index in [4.69, 9.17) is 0 Å². The van der Waals surface area contributed by atoms with Gasteiger partial charge in [0.05, 0.1) is 0 Å². The van der Waals surface area contributed by atoms with E-state index >= 15 is 0 Å². The van der Waals surface area contributed by atoms with Crippen molar-refractivity contribution in [1.82, 2.24) is 0 Å². The molecule has 1 nitrogen and oxygen atoms in total. The molecule has 0 aromatic rings. The molecule has 0 fully saturated rings. The average Bonchev–Trinajstić information content (AvgIpc) is 1.37. The van der Waals surface area contributed by atoms with E-state index in [2.05, 4.69) is 4.43 Å². The van der Waals surface area contributed by atoms with E-state index in [1.54, 1.807) is 0 Å². The van der Waals surface area contributed by atoms with Crippen LogP contribution in [0.5, 0.6) is 0 Å². The minimum Gasteiger partial charge on any atom is -0.428 e. The first-order chi connectivity index (χ1) is 1.91. The van der Waals surface area contributed by atoms with Gasteiger partial charge in [-0.3, -0.25) is 0 Å². The summed E-state index contributed by atoms with van der Waals surface area (Å²) in [7, 11) is 0.890. The fourth-order valence-corrected chi connectivity index (χ4v) is 0. The Morgan fingerprint density at radius 1 is 1.29 bits per heavy atom. The molecule has 0 unspecified atom stereocenters. The number of hydrogen-bond acceptors (Lipinski definition) is 1. The molecule has 0 rings (SSSR count). The second kappa shape index (κ2) is 25.5. The van der Waals surface area contributed by atoms with Crippen molar-refractivity contribution in [3.05, 3.63) is 0 Å². The SMILES string of the molecule is Br.Br.Br.CCO[SiH3]. The van der Waals surface area contributed by atoms with Gasteiger partial charge in [0.25, 0.3) is 0 Å². The summed E-state index contributed by atoms with van der Waals surface area (Å²) in [5.74, 6) is 0. The van der Waals surface area contributed by atoms with E-state index in [0.717, 1.165) is 17.1 Å². The third-order valence-corrected chi connectivity index (χ3v) is 0.866. The second-order valence-corrected chi connectivity index (χ2v) is 1.15. The Labute approximate surface area is 79.1 Å². The highest BCUT2D eigenvalue weighted by molar-refractivity contribution is 8.93. The fraction of sp³-hybridized carbons (Fsp3) is 1.00. The summed E-state index contributed by atoms with van der Waals surface area (Å²) in [4.78, 5) is 0. The average molecular weight is 319 g/mol. The number of hydrogen-bond donors (Lipinski definition) is 0. The molecule has 0 radical (unpaired) electrons. The molecule has 0 aromatic heterocycles. The minimum absolute atomic E-state index is 0. The molecule has 0 amide bonds. The van der Waals surface area contributed by atoms with Gasteiger partial charge < -0.3 is 4.43 Å². The lowest BCUT2D eigenvalue weighted by atomic mass is 10.9. The Morgan fingerprint density at radius 3 is 1.43 bits per heavy atom. The molecule has 0 bridgehead atoms. The van der Waals surface area contributed by atoms with Crippen molar-refractivity contribution in [2.75, 3.05) is 6.61 Å². The van der Waals surface area contributed by atoms with Gasteiger partial charge >= 0.3 is 0 Å². The molecule has 50 valence electrons. The van der Waals surface area contributed by atoms with Crippen LogP contribution in [-0.2, 0) is 4.43 Å². The summed E-state index contributed by atoms with van der Waals surface area (Å²) in [6, 6.07) is 0. The van der Waals surface area contributed by atoms with Crippen LogP contribution in [0.2, 0.25) is 0 Å². The summed E-state index contributed by atoms with van der Waals surface area (Å²) in [5, 5.41) is 0. The van der Waals surface area contributed by atoms with Crippen molar-refractivity contribution < 1.29 is 4.43 Å². The molecule has 0 aliphatic rings. The number of halogens is 3. The van der Waals surface area contributed by atoms with Gasteiger partial charge in [0, 0.05) is 6.61 Å². The van der Waals surface area contributed by atoms with Gasteiger partial charge in [-0.2, -0.15) is 0 Å². The lowest BCUT2D eigenvalue weighted by molar-refractivity contribution is 0.375. The largest absolute Gasteiger partial charge is 0.428 e. The van der Waals surface area contributed by atoms with E-state index in [9.17, 15) is 0 Å². The first kappa shape index (κ1) is 23.5. The van der Waals surface area contributed by atoms with Crippen LogP contribution in [0.1, 0.15) is 6.92 Å². The van der Waals surface area contributed by atoms with Gasteiger partial charge in [-0.05, 0) is 6.92 Å². The van der Waals surface area contributed by atoms with Gasteiger partial charge in [0.15, 0.2) is 0 Å². The summed E-state index contributed by atoms with van der Waals surface area (Å²) < 4.78 is 4.68. The summed E-state index contributed by atoms with van der Waals surface area (Å²) >= 11 is 0. The second-order valence-electron chi connectivity index (χ2n) is 0.577. The summed E-state index contributed by atoms with van der Waals surface area (Å²) in [6.45, 7) is 2.87. The maximum atomic E-state index is 4.68. The molecule has 7 heavy (non-hydrogen) atoms. The van der Waals surface area contributed by atoms with Crippen LogP contribution in [0.25, 0.3) is 0 Å². The molecular formula is C2H11Br3OSi. The van der Waals surface area contributed by atoms with Crippen LogP contribution >= 0.6 is 50.9 Å². The lowest BCUT2D eigenvalue weighted by Gasteiger charge is -1.77. The van der Waals surface area contributed by atoms with E-state index < -0.39 is 0 Å². The van der Waals surface area contributed by atoms with E-state index in [0.29, 0.717) is 0 Å². The van der Waals surface area contributed by atoms with E-state index in [-0.39, 0.29) is 50.9 Å². The topological polar surface area (TPSA) is 9.23 Å². The van der Waals surface area contributed by atoms with Crippen molar-refractivity contribution in [2.24, 2.45) is 0 Å². The van der Waals surface area contributed by atoms with Crippen LogP contribution in [0.3, 0.4) is 0 Å². The normalized spacial score (nSPS) is 4.71.